The van der Waals surface area contributed by atoms with Crippen molar-refractivity contribution in [2.75, 3.05) is 31.1 Å². The predicted molar refractivity (Wildman–Crippen MR) is 105 cm³/mol. The molecule has 1 aliphatic heterocycles. The van der Waals surface area contributed by atoms with Crippen molar-refractivity contribution in [1.29, 1.82) is 0 Å². The van der Waals surface area contributed by atoms with Crippen LogP contribution in [0.25, 0.3) is 10.9 Å². The number of carbonyl (C=O) groups is 1. The van der Waals surface area contributed by atoms with Crippen LogP contribution in [0.2, 0.25) is 0 Å². The summed E-state index contributed by atoms with van der Waals surface area (Å²) < 4.78 is 16.8. The summed E-state index contributed by atoms with van der Waals surface area (Å²) in [5.41, 5.74) is 0.244. The highest BCUT2D eigenvalue weighted by atomic mass is 19.1. The largest absolute Gasteiger partial charge is 0.477 e. The summed E-state index contributed by atoms with van der Waals surface area (Å²) in [5.74, 6) is -1.72. The van der Waals surface area contributed by atoms with Gasteiger partial charge in [0.15, 0.2) is 0 Å². The standard InChI is InChI=1S/C21H24FN3O3/c22-17-10-15-18(25(14-4-5-14)12-16(20(15)26)21(27)28)11-19(17)24-8-6-23(7-9-24)13-2-1-3-13/h10-14H,1-9H2,(H,27,28). The van der Waals surface area contributed by atoms with Gasteiger partial charge in [-0.05, 0) is 37.8 Å². The molecule has 2 saturated carbocycles. The first-order valence-electron chi connectivity index (χ1n) is 10.1. The summed E-state index contributed by atoms with van der Waals surface area (Å²) in [4.78, 5) is 28.6. The second-order valence-corrected chi connectivity index (χ2v) is 8.24. The van der Waals surface area contributed by atoms with Crippen molar-refractivity contribution in [3.63, 3.8) is 0 Å². The van der Waals surface area contributed by atoms with Gasteiger partial charge in [-0.15, -0.1) is 0 Å². The van der Waals surface area contributed by atoms with Crippen molar-refractivity contribution in [2.45, 2.75) is 44.2 Å². The monoisotopic (exact) mass is 385 g/mol. The Kier molecular flexibility index (Phi) is 4.16. The summed E-state index contributed by atoms with van der Waals surface area (Å²) in [6.07, 6.45) is 7.17. The van der Waals surface area contributed by atoms with Gasteiger partial charge in [0.2, 0.25) is 5.43 Å². The molecule has 5 rings (SSSR count). The van der Waals surface area contributed by atoms with Crippen molar-refractivity contribution >= 4 is 22.6 Å². The van der Waals surface area contributed by atoms with Crippen LogP contribution in [0.4, 0.5) is 10.1 Å². The third kappa shape index (κ3) is 2.89. The van der Waals surface area contributed by atoms with Crippen LogP contribution in [0.1, 0.15) is 48.5 Å². The van der Waals surface area contributed by atoms with Gasteiger partial charge in [0, 0.05) is 49.8 Å². The fourth-order valence-corrected chi connectivity index (χ4v) is 4.49. The Morgan fingerprint density at radius 1 is 1.04 bits per heavy atom. The Balaban J connectivity index is 1.53. The number of carboxylic acids is 1. The molecule has 6 nitrogen and oxygen atoms in total. The molecule has 3 fully saturated rings. The minimum atomic E-state index is -1.27. The Morgan fingerprint density at radius 3 is 2.32 bits per heavy atom. The topological polar surface area (TPSA) is 65.8 Å². The zero-order valence-electron chi connectivity index (χ0n) is 15.7. The highest BCUT2D eigenvalue weighted by Gasteiger charge is 2.30. The lowest BCUT2D eigenvalue weighted by Gasteiger charge is -2.43. The maximum absolute atomic E-state index is 14.9. The molecule has 0 unspecified atom stereocenters. The summed E-state index contributed by atoms with van der Waals surface area (Å²) in [6, 6.07) is 3.86. The van der Waals surface area contributed by atoms with E-state index in [-0.39, 0.29) is 17.0 Å². The predicted octanol–water partition coefficient (Wildman–Crippen LogP) is 2.85. The zero-order chi connectivity index (χ0) is 19.4. The lowest BCUT2D eigenvalue weighted by Crippen LogP contribution is -2.52. The summed E-state index contributed by atoms with van der Waals surface area (Å²) >= 11 is 0. The molecule has 1 saturated heterocycles. The van der Waals surface area contributed by atoms with E-state index >= 15 is 0 Å². The molecule has 28 heavy (non-hydrogen) atoms. The molecule has 7 heteroatoms. The number of hydrogen-bond donors (Lipinski definition) is 1. The highest BCUT2D eigenvalue weighted by molar-refractivity contribution is 5.93. The maximum Gasteiger partial charge on any atom is 0.341 e. The molecule has 0 bridgehead atoms. The van der Waals surface area contributed by atoms with Crippen molar-refractivity contribution < 1.29 is 14.3 Å². The van der Waals surface area contributed by atoms with Crippen LogP contribution in [-0.2, 0) is 0 Å². The van der Waals surface area contributed by atoms with Crippen LogP contribution >= 0.6 is 0 Å². The first-order valence-corrected chi connectivity index (χ1v) is 10.1. The maximum atomic E-state index is 14.9. The van der Waals surface area contributed by atoms with Gasteiger partial charge in [0.1, 0.15) is 11.4 Å². The van der Waals surface area contributed by atoms with E-state index in [1.54, 1.807) is 6.07 Å². The van der Waals surface area contributed by atoms with Gasteiger partial charge >= 0.3 is 5.97 Å². The molecule has 2 aliphatic carbocycles. The Labute approximate surface area is 162 Å². The lowest BCUT2D eigenvalue weighted by molar-refractivity contribution is 0.0695. The number of aromatic nitrogens is 1. The second kappa shape index (κ2) is 6.58. The number of fused-ring (bicyclic) bond motifs is 1. The van der Waals surface area contributed by atoms with Crippen LogP contribution in [0.3, 0.4) is 0 Å². The van der Waals surface area contributed by atoms with Crippen LogP contribution < -0.4 is 10.3 Å². The van der Waals surface area contributed by atoms with Crippen LogP contribution in [0.5, 0.6) is 0 Å². The molecule has 1 N–H and O–H groups in total. The van der Waals surface area contributed by atoms with Gasteiger partial charge in [0.25, 0.3) is 0 Å². The van der Waals surface area contributed by atoms with Gasteiger partial charge < -0.3 is 14.6 Å². The molecule has 0 amide bonds. The van der Waals surface area contributed by atoms with E-state index in [0.29, 0.717) is 17.2 Å². The second-order valence-electron chi connectivity index (χ2n) is 8.24. The van der Waals surface area contributed by atoms with Crippen molar-refractivity contribution in [3.8, 4) is 0 Å². The number of carboxylic acid groups (broad SMARTS) is 1. The Morgan fingerprint density at radius 2 is 1.75 bits per heavy atom. The van der Waals surface area contributed by atoms with Gasteiger partial charge in [-0.2, -0.15) is 0 Å². The summed E-state index contributed by atoms with van der Waals surface area (Å²) in [5, 5.41) is 9.51. The number of pyridine rings is 1. The normalized spacial score (nSPS) is 21.1. The number of piperazine rings is 1. The van der Waals surface area contributed by atoms with E-state index in [1.165, 1.54) is 31.5 Å². The van der Waals surface area contributed by atoms with Gasteiger partial charge in [0.05, 0.1) is 11.2 Å². The average Bonchev–Trinajstić information content (AvgIpc) is 3.46. The average molecular weight is 385 g/mol. The SMILES string of the molecule is O=C(O)c1cn(C2CC2)c2cc(N3CCN(C4CCC4)CC3)c(F)cc2c1=O. The third-order valence-electron chi connectivity index (χ3n) is 6.52. The number of hydrogen-bond acceptors (Lipinski definition) is 4. The fourth-order valence-electron chi connectivity index (χ4n) is 4.49. The minimum absolute atomic E-state index is 0.154. The highest BCUT2D eigenvalue weighted by Crippen LogP contribution is 2.38. The van der Waals surface area contributed by atoms with Crippen LogP contribution in [0.15, 0.2) is 23.1 Å². The van der Waals surface area contributed by atoms with Gasteiger partial charge in [-0.1, -0.05) is 6.42 Å². The minimum Gasteiger partial charge on any atom is -0.477 e. The van der Waals surface area contributed by atoms with E-state index in [9.17, 15) is 19.1 Å². The molecular formula is C21H24FN3O3. The van der Waals surface area contributed by atoms with Crippen molar-refractivity contribution in [1.82, 2.24) is 9.47 Å². The van der Waals surface area contributed by atoms with E-state index in [0.717, 1.165) is 39.0 Å². The number of halogens is 1. The molecule has 0 spiro atoms. The van der Waals surface area contributed by atoms with E-state index in [2.05, 4.69) is 9.80 Å². The molecule has 2 aromatic rings. The number of aromatic carboxylic acids is 1. The molecule has 1 aromatic carbocycles. The molecule has 0 radical (unpaired) electrons. The number of benzene rings is 1. The van der Waals surface area contributed by atoms with Crippen LogP contribution in [0, 0.1) is 5.82 Å². The Hall–Kier alpha value is -2.41. The molecule has 1 aromatic heterocycles. The lowest BCUT2D eigenvalue weighted by atomic mass is 9.91. The first kappa shape index (κ1) is 17.7. The van der Waals surface area contributed by atoms with Crippen molar-refractivity contribution in [2.24, 2.45) is 0 Å². The molecular weight excluding hydrogens is 361 g/mol. The smallest absolute Gasteiger partial charge is 0.341 e. The number of nitrogens with zero attached hydrogens (tertiary/aromatic N) is 3. The first-order chi connectivity index (χ1) is 13.5. The molecule has 0 atom stereocenters. The fraction of sp³-hybridized carbons (Fsp3) is 0.524. The van der Waals surface area contributed by atoms with Crippen molar-refractivity contribution in [3.05, 3.63) is 39.9 Å². The van der Waals surface area contributed by atoms with Crippen LogP contribution in [-0.4, -0.2) is 52.8 Å². The number of anilines is 1. The van der Waals surface area contributed by atoms with E-state index in [1.807, 2.05) is 4.57 Å². The van der Waals surface area contributed by atoms with Gasteiger partial charge in [-0.25, -0.2) is 9.18 Å². The zero-order valence-corrected chi connectivity index (χ0v) is 15.7. The third-order valence-corrected chi connectivity index (χ3v) is 6.52. The van der Waals surface area contributed by atoms with Gasteiger partial charge in [-0.3, -0.25) is 9.69 Å². The van der Waals surface area contributed by atoms with E-state index < -0.39 is 17.2 Å². The van der Waals surface area contributed by atoms with E-state index in [4.69, 9.17) is 0 Å². The number of rotatable bonds is 4. The molecule has 2 heterocycles. The molecule has 148 valence electrons. The summed E-state index contributed by atoms with van der Waals surface area (Å²) in [6.45, 7) is 3.38. The Bertz CT molecular complexity index is 1000. The quantitative estimate of drug-likeness (QED) is 0.877. The summed E-state index contributed by atoms with van der Waals surface area (Å²) in [7, 11) is 0. The molecule has 3 aliphatic rings.